The van der Waals surface area contributed by atoms with Gasteiger partial charge in [0.1, 0.15) is 46.6 Å². The molecule has 3 aromatic rings. The van der Waals surface area contributed by atoms with Crippen molar-refractivity contribution in [3.8, 4) is 23.1 Å². The summed E-state index contributed by atoms with van der Waals surface area (Å²) in [6.07, 6.45) is -1.74. The molecule has 8 rings (SSSR count). The standard InChI is InChI=1S/C32H37F5N8O3/c1-15-22(32(35,36)37)18(8-20(38)39-15)24-23(34)25-21-27(45-9-17-4-5-19(40-17)26(45)16(2)48-28(21)41-24)43-29(42-25)47-14-30(6-7-30)11-44-12-31(10-33,13-44)46-3/h8,16-17,19,26,40H,4-7,9-14H2,1-3H3,(H2,38,39)/t16-,17+,19-,26+/m0/s1. The van der Waals surface area contributed by atoms with Gasteiger partial charge in [0.25, 0.3) is 0 Å². The number of halogens is 5. The molecule has 0 amide bonds. The van der Waals surface area contributed by atoms with Crippen molar-refractivity contribution in [1.29, 1.82) is 0 Å². The van der Waals surface area contributed by atoms with Gasteiger partial charge < -0.3 is 30.2 Å². The number of nitrogens with two attached hydrogens (primary N) is 1. The Morgan fingerprint density at radius 2 is 1.92 bits per heavy atom. The van der Waals surface area contributed by atoms with Gasteiger partial charge in [-0.15, -0.1) is 0 Å². The van der Waals surface area contributed by atoms with Crippen LogP contribution in [-0.4, -0.2) is 101 Å². The molecule has 7 heterocycles. The Bertz CT molecular complexity index is 1780. The Morgan fingerprint density at radius 1 is 1.15 bits per heavy atom. The number of fused-ring (bicyclic) bond motifs is 5. The van der Waals surface area contributed by atoms with E-state index >= 15 is 4.39 Å². The van der Waals surface area contributed by atoms with Gasteiger partial charge >= 0.3 is 12.2 Å². The molecule has 4 atom stereocenters. The van der Waals surface area contributed by atoms with E-state index in [1.807, 2.05) is 6.92 Å². The average molecular weight is 677 g/mol. The van der Waals surface area contributed by atoms with Crippen molar-refractivity contribution in [2.45, 2.75) is 75.5 Å². The van der Waals surface area contributed by atoms with Crippen LogP contribution in [0.3, 0.4) is 0 Å². The van der Waals surface area contributed by atoms with Gasteiger partial charge in [-0.1, -0.05) is 0 Å². The summed E-state index contributed by atoms with van der Waals surface area (Å²) in [7, 11) is 1.51. The van der Waals surface area contributed by atoms with Crippen LogP contribution < -0.4 is 25.4 Å². The van der Waals surface area contributed by atoms with E-state index in [4.69, 9.17) is 24.9 Å². The molecule has 0 aromatic carbocycles. The minimum absolute atomic E-state index is 0.0565. The lowest BCUT2D eigenvalue weighted by molar-refractivity contribution is -0.140. The molecule has 11 nitrogen and oxygen atoms in total. The van der Waals surface area contributed by atoms with E-state index in [0.717, 1.165) is 31.7 Å². The predicted octanol–water partition coefficient (Wildman–Crippen LogP) is 4.05. The maximum Gasteiger partial charge on any atom is 0.418 e. The number of methoxy groups -OCH3 is 1. The van der Waals surface area contributed by atoms with Crippen molar-refractivity contribution in [1.82, 2.24) is 30.2 Å². The molecular weight excluding hydrogens is 639 g/mol. The molecular formula is C32H37F5N8O3. The van der Waals surface area contributed by atoms with E-state index < -0.39 is 52.9 Å². The molecule has 16 heteroatoms. The van der Waals surface area contributed by atoms with Crippen molar-refractivity contribution in [3.05, 3.63) is 23.1 Å². The molecule has 5 aliphatic rings. The van der Waals surface area contributed by atoms with E-state index in [2.05, 4.69) is 30.1 Å². The second kappa shape index (κ2) is 10.9. The fourth-order valence-corrected chi connectivity index (χ4v) is 8.14. The quantitative estimate of drug-likeness (QED) is 0.336. The highest BCUT2D eigenvalue weighted by Gasteiger charge is 2.52. The number of pyridine rings is 2. The summed E-state index contributed by atoms with van der Waals surface area (Å²) >= 11 is 0. The number of nitrogens with zero attached hydrogens (tertiary/aromatic N) is 6. The number of rotatable bonds is 8. The lowest BCUT2D eigenvalue weighted by Gasteiger charge is -2.48. The summed E-state index contributed by atoms with van der Waals surface area (Å²) in [4.78, 5) is 21.7. The number of aromatic nitrogens is 4. The summed E-state index contributed by atoms with van der Waals surface area (Å²) in [5, 5.41) is 3.81. The molecule has 3 N–H and O–H groups in total. The Labute approximate surface area is 273 Å². The molecule has 4 fully saturated rings. The van der Waals surface area contributed by atoms with Gasteiger partial charge in [0.2, 0.25) is 5.88 Å². The van der Waals surface area contributed by atoms with Crippen LogP contribution in [0.1, 0.15) is 43.9 Å². The minimum Gasteiger partial charge on any atom is -0.472 e. The van der Waals surface area contributed by atoms with Crippen LogP contribution in [-0.2, 0) is 10.9 Å². The molecule has 4 aliphatic heterocycles. The Morgan fingerprint density at radius 3 is 2.60 bits per heavy atom. The van der Waals surface area contributed by atoms with Gasteiger partial charge in [0.15, 0.2) is 5.82 Å². The summed E-state index contributed by atoms with van der Waals surface area (Å²) in [6.45, 7) is 4.90. The molecule has 3 saturated heterocycles. The van der Waals surface area contributed by atoms with Crippen LogP contribution in [0.15, 0.2) is 6.07 Å². The summed E-state index contributed by atoms with van der Waals surface area (Å²) in [5.41, 5.74) is 1.93. The third-order valence-corrected chi connectivity index (χ3v) is 10.7. The van der Waals surface area contributed by atoms with Crippen LogP contribution >= 0.6 is 0 Å². The molecule has 1 aliphatic carbocycles. The Kier molecular flexibility index (Phi) is 7.21. The Hall–Kier alpha value is -3.63. The van der Waals surface area contributed by atoms with Crippen molar-refractivity contribution < 1.29 is 36.2 Å². The lowest BCUT2D eigenvalue weighted by atomic mass is 9.93. The predicted molar refractivity (Wildman–Crippen MR) is 165 cm³/mol. The highest BCUT2D eigenvalue weighted by Crippen LogP contribution is 2.49. The molecule has 1 saturated carbocycles. The number of piperazine rings is 1. The number of hydrogen-bond donors (Lipinski definition) is 2. The summed E-state index contributed by atoms with van der Waals surface area (Å²) < 4.78 is 91.4. The number of nitrogen functional groups attached to an aromatic ring is 1. The van der Waals surface area contributed by atoms with Crippen molar-refractivity contribution in [3.63, 3.8) is 0 Å². The fraction of sp³-hybridized carbons (Fsp3) is 0.625. The lowest BCUT2D eigenvalue weighted by Crippen LogP contribution is -2.65. The van der Waals surface area contributed by atoms with E-state index in [1.165, 1.54) is 14.0 Å². The van der Waals surface area contributed by atoms with Crippen LogP contribution in [0.5, 0.6) is 11.9 Å². The zero-order chi connectivity index (χ0) is 33.7. The zero-order valence-corrected chi connectivity index (χ0v) is 26.8. The SMILES string of the molecule is COC1(CF)CN(CC2(COc3nc4c5c(nc(-c6cc(N)nc(C)c6C(F)(F)F)c(F)c5n3)O[C@@H](C)[C@@H]3[C@@H]5CC[C@H](CN43)N5)CC2)C1. The highest BCUT2D eigenvalue weighted by atomic mass is 19.4. The third-order valence-electron chi connectivity index (χ3n) is 10.7. The number of nitrogens with one attached hydrogen (secondary N) is 1. The maximum atomic E-state index is 16.8. The van der Waals surface area contributed by atoms with Gasteiger partial charge in [-0.05, 0) is 45.6 Å². The largest absolute Gasteiger partial charge is 0.472 e. The number of hydrogen-bond acceptors (Lipinski definition) is 11. The second-order valence-corrected chi connectivity index (χ2v) is 14.2. The topological polar surface area (TPSA) is 124 Å². The van der Waals surface area contributed by atoms with Crippen molar-refractivity contribution >= 4 is 22.5 Å². The van der Waals surface area contributed by atoms with E-state index in [0.29, 0.717) is 32.0 Å². The first-order chi connectivity index (χ1) is 22.8. The van der Waals surface area contributed by atoms with E-state index in [1.54, 1.807) is 0 Å². The van der Waals surface area contributed by atoms with Crippen LogP contribution in [0.2, 0.25) is 0 Å². The number of aryl methyl sites for hydroxylation is 1. The molecule has 258 valence electrons. The monoisotopic (exact) mass is 676 g/mol. The van der Waals surface area contributed by atoms with Crippen LogP contribution in [0.4, 0.5) is 33.6 Å². The molecule has 3 aromatic heterocycles. The van der Waals surface area contributed by atoms with Gasteiger partial charge in [-0.25, -0.2) is 18.7 Å². The number of anilines is 2. The van der Waals surface area contributed by atoms with Gasteiger partial charge in [0.05, 0.1) is 23.9 Å². The first kappa shape index (κ1) is 31.6. The molecule has 0 unspecified atom stereocenters. The molecule has 2 bridgehead atoms. The Balaban J connectivity index is 1.22. The first-order valence-corrected chi connectivity index (χ1v) is 16.2. The van der Waals surface area contributed by atoms with Crippen LogP contribution in [0.25, 0.3) is 22.2 Å². The van der Waals surface area contributed by atoms with Gasteiger partial charge in [0, 0.05) is 56.4 Å². The van der Waals surface area contributed by atoms with Gasteiger partial charge in [-0.2, -0.15) is 23.1 Å². The third kappa shape index (κ3) is 5.09. The smallest absolute Gasteiger partial charge is 0.418 e. The average Bonchev–Trinajstić information content (AvgIpc) is 3.71. The number of alkyl halides is 4. The maximum absolute atomic E-state index is 16.8. The second-order valence-electron chi connectivity index (χ2n) is 14.2. The van der Waals surface area contributed by atoms with Crippen molar-refractivity contribution in [2.75, 3.05) is 57.2 Å². The highest BCUT2D eigenvalue weighted by molar-refractivity contribution is 5.97. The van der Waals surface area contributed by atoms with Crippen molar-refractivity contribution in [2.24, 2.45) is 5.41 Å². The summed E-state index contributed by atoms with van der Waals surface area (Å²) in [6, 6.07) is 0.904. The van der Waals surface area contributed by atoms with Crippen LogP contribution in [0, 0.1) is 18.2 Å². The number of ether oxygens (including phenoxy) is 3. The molecule has 48 heavy (non-hydrogen) atoms. The zero-order valence-electron chi connectivity index (χ0n) is 26.8. The minimum atomic E-state index is -4.87. The summed E-state index contributed by atoms with van der Waals surface area (Å²) in [5.74, 6) is -0.977. The van der Waals surface area contributed by atoms with E-state index in [9.17, 15) is 17.6 Å². The van der Waals surface area contributed by atoms with Gasteiger partial charge in [-0.3, -0.25) is 4.90 Å². The number of likely N-dealkylation sites (tertiary alicyclic amines) is 1. The molecule has 0 spiro atoms. The van der Waals surface area contributed by atoms with E-state index in [-0.39, 0.29) is 58.8 Å². The fourth-order valence-electron chi connectivity index (χ4n) is 8.14. The molecule has 0 radical (unpaired) electrons. The first-order valence-electron chi connectivity index (χ1n) is 16.2. The normalized spacial score (nSPS) is 26.9.